The van der Waals surface area contributed by atoms with Crippen LogP contribution in [0.4, 0.5) is 16.3 Å². The van der Waals surface area contributed by atoms with Crippen LogP contribution in [0.2, 0.25) is 0 Å². The van der Waals surface area contributed by atoms with E-state index in [0.29, 0.717) is 11.5 Å². The normalized spacial score (nSPS) is 14.7. The number of hydrogen-bond donors (Lipinski definition) is 3. The van der Waals surface area contributed by atoms with Crippen molar-refractivity contribution in [2.24, 2.45) is 0 Å². The first kappa shape index (κ1) is 20.9. The Hall–Kier alpha value is -4.64. The molecule has 1 aliphatic carbocycles. The van der Waals surface area contributed by atoms with E-state index in [4.69, 9.17) is 4.98 Å². The molecule has 0 radical (unpaired) electrons. The van der Waals surface area contributed by atoms with Crippen LogP contribution in [-0.2, 0) is 12.0 Å². The Morgan fingerprint density at radius 1 is 1.14 bits per heavy atom. The number of imidazole rings is 1. The Labute approximate surface area is 201 Å². The van der Waals surface area contributed by atoms with Gasteiger partial charge in [-0.05, 0) is 49.1 Å². The van der Waals surface area contributed by atoms with Crippen molar-refractivity contribution in [2.45, 2.75) is 31.2 Å². The second-order valence-corrected chi connectivity index (χ2v) is 8.89. The van der Waals surface area contributed by atoms with E-state index < -0.39 is 11.6 Å². The van der Waals surface area contributed by atoms with Crippen LogP contribution >= 0.6 is 0 Å². The Bertz CT molecular complexity index is 1500. The molecule has 2 aromatic carbocycles. The number of amides is 1. The average molecular weight is 463 g/mol. The van der Waals surface area contributed by atoms with E-state index >= 15 is 0 Å². The summed E-state index contributed by atoms with van der Waals surface area (Å²) >= 11 is 0. The van der Waals surface area contributed by atoms with E-state index in [1.54, 1.807) is 6.20 Å². The van der Waals surface area contributed by atoms with Crippen molar-refractivity contribution in [3.8, 4) is 34.4 Å². The van der Waals surface area contributed by atoms with Crippen LogP contribution in [-0.4, -0.2) is 25.7 Å². The topological polar surface area (TPSA) is 116 Å². The van der Waals surface area contributed by atoms with E-state index in [1.165, 1.54) is 0 Å². The summed E-state index contributed by atoms with van der Waals surface area (Å²) in [4.78, 5) is 20.9. The first-order valence-corrected chi connectivity index (χ1v) is 11.5. The minimum atomic E-state index is -1.01. The number of pyridine rings is 1. The lowest BCUT2D eigenvalue weighted by Gasteiger charge is -2.42. The summed E-state index contributed by atoms with van der Waals surface area (Å²) in [6.45, 7) is 0. The predicted molar refractivity (Wildman–Crippen MR) is 132 cm³/mol. The van der Waals surface area contributed by atoms with Gasteiger partial charge in [-0.2, -0.15) is 5.26 Å². The molecule has 1 amide bonds. The van der Waals surface area contributed by atoms with E-state index in [0.717, 1.165) is 58.8 Å². The number of nitriles is 1. The Balaban J connectivity index is 1.55. The highest BCUT2D eigenvalue weighted by molar-refractivity contribution is 5.86. The largest absolute Gasteiger partial charge is 0.465 e. The zero-order valence-electron chi connectivity index (χ0n) is 18.8. The number of aromatic nitrogens is 3. The third-order valence-electron chi connectivity index (χ3n) is 6.91. The maximum Gasteiger partial charge on any atom is 0.405 e. The maximum atomic E-state index is 11.4. The molecule has 1 saturated carbocycles. The predicted octanol–water partition coefficient (Wildman–Crippen LogP) is 5.37. The highest BCUT2D eigenvalue weighted by atomic mass is 16.4. The zero-order chi connectivity index (χ0) is 24.0. The summed E-state index contributed by atoms with van der Waals surface area (Å²) in [6, 6.07) is 22.0. The summed E-state index contributed by atoms with van der Waals surface area (Å²) in [7, 11) is 0. The van der Waals surface area contributed by atoms with Crippen molar-refractivity contribution in [2.75, 3.05) is 5.32 Å². The van der Waals surface area contributed by atoms with Crippen molar-refractivity contribution >= 4 is 17.6 Å². The number of fused-ring (bicyclic) bond motifs is 5. The van der Waals surface area contributed by atoms with E-state index in [9.17, 15) is 15.2 Å². The van der Waals surface area contributed by atoms with Crippen LogP contribution in [0.15, 0.2) is 66.9 Å². The maximum absolute atomic E-state index is 11.4. The first-order valence-electron chi connectivity index (χ1n) is 11.5. The SMILES string of the molecule is N#CCc1nc2n(c1-c1ccc(C3(NC(=O)O)CCC3)cc1)-c1cccnc1Nc1ccccc1-2. The number of rotatable bonds is 4. The molecular weight excluding hydrogens is 440 g/mol. The number of anilines is 2. The molecule has 0 atom stereocenters. The molecule has 3 heterocycles. The fourth-order valence-corrected chi connectivity index (χ4v) is 5.13. The number of nitrogens with zero attached hydrogens (tertiary/aromatic N) is 4. The van der Waals surface area contributed by atoms with E-state index in [2.05, 4.69) is 26.3 Å². The Morgan fingerprint density at radius 3 is 2.66 bits per heavy atom. The van der Waals surface area contributed by atoms with Gasteiger partial charge in [-0.1, -0.05) is 36.4 Å². The lowest BCUT2D eigenvalue weighted by Crippen LogP contribution is -2.50. The van der Waals surface area contributed by atoms with E-state index in [1.807, 2.05) is 60.7 Å². The lowest BCUT2D eigenvalue weighted by atomic mass is 9.72. The molecule has 8 nitrogen and oxygen atoms in total. The van der Waals surface area contributed by atoms with Crippen LogP contribution in [0.25, 0.3) is 28.3 Å². The minimum absolute atomic E-state index is 0.160. The highest BCUT2D eigenvalue weighted by Crippen LogP contribution is 2.44. The molecule has 3 N–H and O–H groups in total. The lowest BCUT2D eigenvalue weighted by molar-refractivity contribution is 0.144. The number of hydrogen-bond acceptors (Lipinski definition) is 5. The van der Waals surface area contributed by atoms with Gasteiger partial charge in [0.25, 0.3) is 0 Å². The number of para-hydroxylation sites is 1. The smallest absolute Gasteiger partial charge is 0.405 e. The molecule has 2 aromatic heterocycles. The number of nitrogens with one attached hydrogen (secondary N) is 2. The van der Waals surface area contributed by atoms with E-state index in [-0.39, 0.29) is 6.42 Å². The average Bonchev–Trinajstić information content (AvgIpc) is 3.14. The molecule has 8 heteroatoms. The quantitative estimate of drug-likeness (QED) is 0.331. The molecule has 35 heavy (non-hydrogen) atoms. The third kappa shape index (κ3) is 3.32. The fraction of sp³-hybridized carbons (Fsp3) is 0.185. The standard InChI is InChI=1S/C27H22N6O2/c28-15-12-21-23(17-8-10-18(11-9-17)27(13-4-14-27)32-26(34)35)33-22-7-3-16-29-24(22)30-20-6-2-1-5-19(20)25(33)31-21/h1-3,5-11,16,32H,4,12-14H2,(H,29,30)(H,34,35). The molecule has 6 rings (SSSR count). The van der Waals surface area contributed by atoms with Gasteiger partial charge in [0, 0.05) is 17.3 Å². The molecule has 1 fully saturated rings. The molecule has 172 valence electrons. The first-order chi connectivity index (χ1) is 17.1. The second kappa shape index (κ2) is 7.99. The Kier molecular flexibility index (Phi) is 4.78. The van der Waals surface area contributed by atoms with Crippen LogP contribution in [0, 0.1) is 11.3 Å². The molecule has 2 aliphatic rings. The van der Waals surface area contributed by atoms with Crippen molar-refractivity contribution < 1.29 is 9.90 Å². The number of carbonyl (C=O) groups is 1. The van der Waals surface area contributed by atoms with Crippen LogP contribution in [0.1, 0.15) is 30.5 Å². The van der Waals surface area contributed by atoms with Gasteiger partial charge >= 0.3 is 6.09 Å². The van der Waals surface area contributed by atoms with Gasteiger partial charge in [-0.15, -0.1) is 0 Å². The molecule has 0 spiro atoms. The van der Waals surface area contributed by atoms with Gasteiger partial charge in [0.05, 0.1) is 40.8 Å². The molecule has 0 unspecified atom stereocenters. The monoisotopic (exact) mass is 462 g/mol. The van der Waals surface area contributed by atoms with Crippen LogP contribution in [0.5, 0.6) is 0 Å². The summed E-state index contributed by atoms with van der Waals surface area (Å²) in [5, 5.41) is 25.1. The third-order valence-corrected chi connectivity index (χ3v) is 6.91. The summed E-state index contributed by atoms with van der Waals surface area (Å²) in [5.74, 6) is 1.45. The van der Waals surface area contributed by atoms with Crippen LogP contribution < -0.4 is 10.6 Å². The second-order valence-electron chi connectivity index (χ2n) is 8.89. The minimum Gasteiger partial charge on any atom is -0.465 e. The molecule has 0 bridgehead atoms. The fourth-order valence-electron chi connectivity index (χ4n) is 5.13. The zero-order valence-corrected chi connectivity index (χ0v) is 18.8. The van der Waals surface area contributed by atoms with Crippen molar-refractivity contribution in [3.05, 3.63) is 78.1 Å². The van der Waals surface area contributed by atoms with Gasteiger partial charge in [-0.3, -0.25) is 4.57 Å². The van der Waals surface area contributed by atoms with Crippen molar-refractivity contribution in [1.29, 1.82) is 5.26 Å². The van der Waals surface area contributed by atoms with Gasteiger partial charge in [0.2, 0.25) is 0 Å². The molecular formula is C27H22N6O2. The molecule has 0 saturated heterocycles. The number of benzene rings is 2. The summed E-state index contributed by atoms with van der Waals surface area (Å²) < 4.78 is 2.07. The van der Waals surface area contributed by atoms with Crippen LogP contribution in [0.3, 0.4) is 0 Å². The highest BCUT2D eigenvalue weighted by Gasteiger charge is 2.40. The Morgan fingerprint density at radius 2 is 1.94 bits per heavy atom. The van der Waals surface area contributed by atoms with Crippen molar-refractivity contribution in [3.63, 3.8) is 0 Å². The van der Waals surface area contributed by atoms with Gasteiger partial charge in [0.15, 0.2) is 5.82 Å². The molecule has 4 aromatic rings. The van der Waals surface area contributed by atoms with Gasteiger partial charge < -0.3 is 15.7 Å². The summed E-state index contributed by atoms with van der Waals surface area (Å²) in [6.07, 6.45) is 3.44. The summed E-state index contributed by atoms with van der Waals surface area (Å²) in [5.41, 5.74) is 5.49. The number of carboxylic acid groups (broad SMARTS) is 1. The van der Waals surface area contributed by atoms with Gasteiger partial charge in [0.1, 0.15) is 5.82 Å². The molecule has 1 aliphatic heterocycles. The van der Waals surface area contributed by atoms with Gasteiger partial charge in [-0.25, -0.2) is 14.8 Å². The van der Waals surface area contributed by atoms with Crippen molar-refractivity contribution in [1.82, 2.24) is 19.9 Å².